The van der Waals surface area contributed by atoms with Gasteiger partial charge in [-0.05, 0) is 42.0 Å². The van der Waals surface area contributed by atoms with Crippen molar-refractivity contribution in [1.82, 2.24) is 25.4 Å². The van der Waals surface area contributed by atoms with Gasteiger partial charge in [0.05, 0.1) is 13.2 Å². The minimum Gasteiger partial charge on any atom is -0.493 e. The number of fused-ring (bicyclic) bond motifs is 1. The summed E-state index contributed by atoms with van der Waals surface area (Å²) in [5, 5.41) is 17.3. The molecule has 3 heterocycles. The lowest BCUT2D eigenvalue weighted by atomic mass is 10.1. The number of guanidine groups is 1. The Hall–Kier alpha value is -2.87. The molecule has 1 aliphatic rings. The molecule has 2 N–H and O–H groups in total. The number of thiophene rings is 1. The van der Waals surface area contributed by atoms with Gasteiger partial charge in [0.25, 0.3) is 0 Å². The van der Waals surface area contributed by atoms with Crippen LogP contribution < -0.4 is 15.4 Å². The molecule has 0 bridgehead atoms. The number of aryl methyl sites for hydroxylation is 1. The van der Waals surface area contributed by atoms with Crippen molar-refractivity contribution in [3.8, 4) is 5.75 Å². The lowest BCUT2D eigenvalue weighted by Gasteiger charge is -2.12. The van der Waals surface area contributed by atoms with Crippen molar-refractivity contribution in [2.45, 2.75) is 32.9 Å². The molecular formula is C21H26N6OS. The molecule has 0 amide bonds. The molecule has 0 saturated carbocycles. The van der Waals surface area contributed by atoms with Gasteiger partial charge < -0.3 is 19.9 Å². The summed E-state index contributed by atoms with van der Waals surface area (Å²) in [4.78, 5) is 5.98. The van der Waals surface area contributed by atoms with E-state index in [1.807, 2.05) is 18.5 Å². The molecule has 0 spiro atoms. The molecule has 3 aromatic rings. The highest BCUT2D eigenvalue weighted by molar-refractivity contribution is 7.09. The summed E-state index contributed by atoms with van der Waals surface area (Å²) >= 11 is 1.73. The summed E-state index contributed by atoms with van der Waals surface area (Å²) in [5.74, 6) is 3.54. The standard InChI is InChI=1S/C21H26N6OS/c1-15-25-26-20(27(15)2)14-24-21(23-13-18-4-3-11-29-18)22-9-7-16-5-6-19-17(12-16)8-10-28-19/h3-6,11-12H,7-10,13-14H2,1-2H3,(H2,22,23,24). The van der Waals surface area contributed by atoms with E-state index in [2.05, 4.69) is 56.5 Å². The Morgan fingerprint density at radius 3 is 3.00 bits per heavy atom. The lowest BCUT2D eigenvalue weighted by Crippen LogP contribution is -2.38. The molecule has 0 atom stereocenters. The van der Waals surface area contributed by atoms with Gasteiger partial charge in [-0.3, -0.25) is 0 Å². The molecule has 0 saturated heterocycles. The highest BCUT2D eigenvalue weighted by Gasteiger charge is 2.12. The summed E-state index contributed by atoms with van der Waals surface area (Å²) in [6.45, 7) is 4.76. The predicted molar refractivity (Wildman–Crippen MR) is 115 cm³/mol. The third-order valence-corrected chi connectivity index (χ3v) is 5.91. The van der Waals surface area contributed by atoms with Crippen molar-refractivity contribution in [3.05, 3.63) is 63.4 Å². The highest BCUT2D eigenvalue weighted by Crippen LogP contribution is 2.25. The second-order valence-corrected chi connectivity index (χ2v) is 8.07. The van der Waals surface area contributed by atoms with Gasteiger partial charge in [-0.25, -0.2) is 4.99 Å². The molecule has 7 nitrogen and oxygen atoms in total. The van der Waals surface area contributed by atoms with Gasteiger partial charge in [0.2, 0.25) is 0 Å². The summed E-state index contributed by atoms with van der Waals surface area (Å²) in [6, 6.07) is 10.7. The van der Waals surface area contributed by atoms with Crippen molar-refractivity contribution < 1.29 is 4.74 Å². The fraction of sp³-hybridized carbons (Fsp3) is 0.381. The summed E-state index contributed by atoms with van der Waals surface area (Å²) in [5.41, 5.74) is 2.62. The van der Waals surface area contributed by atoms with Gasteiger partial charge in [-0.15, -0.1) is 21.5 Å². The Kier molecular flexibility index (Phi) is 6.09. The first kappa shape index (κ1) is 19.4. The van der Waals surface area contributed by atoms with Crippen LogP contribution in [0, 0.1) is 6.92 Å². The molecule has 1 aliphatic heterocycles. The van der Waals surface area contributed by atoms with Crippen LogP contribution in [0.4, 0.5) is 0 Å². The molecular weight excluding hydrogens is 384 g/mol. The SMILES string of the molecule is Cc1nnc(CN=C(NCCc2ccc3c(c2)CCO3)NCc2cccs2)n1C. The molecule has 4 rings (SSSR count). The van der Waals surface area contributed by atoms with Crippen LogP contribution in [0.25, 0.3) is 0 Å². The van der Waals surface area contributed by atoms with Crippen LogP contribution in [-0.4, -0.2) is 33.9 Å². The number of aliphatic imine (C=N–C) groups is 1. The lowest BCUT2D eigenvalue weighted by molar-refractivity contribution is 0.357. The van der Waals surface area contributed by atoms with Crippen LogP contribution in [0.3, 0.4) is 0 Å². The number of benzene rings is 1. The maximum Gasteiger partial charge on any atom is 0.192 e. The van der Waals surface area contributed by atoms with Crippen LogP contribution >= 0.6 is 11.3 Å². The topological polar surface area (TPSA) is 76.4 Å². The summed E-state index contributed by atoms with van der Waals surface area (Å²) in [6.07, 6.45) is 1.93. The Balaban J connectivity index is 1.37. The van der Waals surface area contributed by atoms with Crippen molar-refractivity contribution >= 4 is 17.3 Å². The number of ether oxygens (including phenoxy) is 1. The van der Waals surface area contributed by atoms with Crippen molar-refractivity contribution in [2.24, 2.45) is 12.0 Å². The summed E-state index contributed by atoms with van der Waals surface area (Å²) < 4.78 is 7.56. The van der Waals surface area contributed by atoms with Gasteiger partial charge in [-0.1, -0.05) is 18.2 Å². The van der Waals surface area contributed by atoms with Crippen LogP contribution in [0.15, 0.2) is 40.7 Å². The van der Waals surface area contributed by atoms with E-state index in [1.165, 1.54) is 16.0 Å². The zero-order chi connectivity index (χ0) is 20.1. The van der Waals surface area contributed by atoms with E-state index >= 15 is 0 Å². The van der Waals surface area contributed by atoms with E-state index < -0.39 is 0 Å². The Bertz CT molecular complexity index is 979. The van der Waals surface area contributed by atoms with E-state index in [-0.39, 0.29) is 0 Å². The molecule has 0 unspecified atom stereocenters. The van der Waals surface area contributed by atoms with E-state index in [0.29, 0.717) is 6.54 Å². The number of hydrogen-bond donors (Lipinski definition) is 2. The first-order valence-corrected chi connectivity index (χ1v) is 10.7. The molecule has 29 heavy (non-hydrogen) atoms. The molecule has 8 heteroatoms. The molecule has 0 radical (unpaired) electrons. The van der Waals surface area contributed by atoms with Crippen LogP contribution in [0.1, 0.15) is 27.7 Å². The minimum absolute atomic E-state index is 0.479. The normalized spacial score (nSPS) is 13.2. The first-order valence-electron chi connectivity index (χ1n) is 9.83. The smallest absolute Gasteiger partial charge is 0.192 e. The highest BCUT2D eigenvalue weighted by atomic mass is 32.1. The Labute approximate surface area is 174 Å². The first-order chi connectivity index (χ1) is 14.2. The molecule has 0 fully saturated rings. The molecule has 1 aromatic carbocycles. The summed E-state index contributed by atoms with van der Waals surface area (Å²) in [7, 11) is 1.96. The number of nitrogens with one attached hydrogen (secondary N) is 2. The number of nitrogens with zero attached hydrogens (tertiary/aromatic N) is 4. The van der Waals surface area contributed by atoms with Crippen molar-refractivity contribution in [2.75, 3.05) is 13.2 Å². The van der Waals surface area contributed by atoms with Gasteiger partial charge >= 0.3 is 0 Å². The van der Waals surface area contributed by atoms with Crippen LogP contribution in [-0.2, 0) is 33.0 Å². The Morgan fingerprint density at radius 1 is 1.28 bits per heavy atom. The maximum absolute atomic E-state index is 5.59. The van der Waals surface area contributed by atoms with Crippen LogP contribution in [0.5, 0.6) is 5.75 Å². The fourth-order valence-corrected chi connectivity index (χ4v) is 3.86. The third-order valence-electron chi connectivity index (χ3n) is 5.03. The number of rotatable bonds is 7. The Morgan fingerprint density at radius 2 is 2.21 bits per heavy atom. The molecule has 0 aliphatic carbocycles. The van der Waals surface area contributed by atoms with E-state index in [9.17, 15) is 0 Å². The molecule has 152 valence electrons. The number of aromatic nitrogens is 3. The second-order valence-electron chi connectivity index (χ2n) is 7.04. The minimum atomic E-state index is 0.479. The average molecular weight is 411 g/mol. The molecule has 2 aromatic heterocycles. The van der Waals surface area contributed by atoms with Gasteiger partial charge in [-0.2, -0.15) is 0 Å². The van der Waals surface area contributed by atoms with E-state index in [0.717, 1.165) is 55.9 Å². The van der Waals surface area contributed by atoms with Crippen molar-refractivity contribution in [1.29, 1.82) is 0 Å². The third kappa shape index (κ3) is 4.95. The monoisotopic (exact) mass is 410 g/mol. The zero-order valence-electron chi connectivity index (χ0n) is 16.8. The second kappa shape index (κ2) is 9.09. The fourth-order valence-electron chi connectivity index (χ4n) is 3.22. The quantitative estimate of drug-likeness (QED) is 0.463. The number of hydrogen-bond acceptors (Lipinski definition) is 5. The largest absolute Gasteiger partial charge is 0.493 e. The zero-order valence-corrected chi connectivity index (χ0v) is 17.6. The van der Waals surface area contributed by atoms with Crippen molar-refractivity contribution in [3.63, 3.8) is 0 Å². The van der Waals surface area contributed by atoms with Gasteiger partial charge in [0.1, 0.15) is 18.1 Å². The van der Waals surface area contributed by atoms with E-state index in [1.54, 1.807) is 11.3 Å². The van der Waals surface area contributed by atoms with Gasteiger partial charge in [0, 0.05) is 24.9 Å². The van der Waals surface area contributed by atoms with E-state index in [4.69, 9.17) is 9.73 Å². The van der Waals surface area contributed by atoms with Crippen LogP contribution in [0.2, 0.25) is 0 Å². The predicted octanol–water partition coefficient (Wildman–Crippen LogP) is 2.60. The average Bonchev–Trinajstić information content (AvgIpc) is 3.47. The van der Waals surface area contributed by atoms with Gasteiger partial charge in [0.15, 0.2) is 11.8 Å². The maximum atomic E-state index is 5.59.